The molecule has 1 N–H and O–H groups in total. The zero-order valence-corrected chi connectivity index (χ0v) is 19.7. The van der Waals surface area contributed by atoms with Crippen LogP contribution in [0.4, 0.5) is 0 Å². The molecule has 2 aromatic rings. The van der Waals surface area contributed by atoms with E-state index in [1.165, 1.54) is 29.6 Å². The molecule has 174 valence electrons. The number of amides is 1. The van der Waals surface area contributed by atoms with Crippen molar-refractivity contribution in [2.24, 2.45) is 0 Å². The highest BCUT2D eigenvalue weighted by atomic mass is 32.2. The average Bonchev–Trinajstić information content (AvgIpc) is 2.83. The highest BCUT2D eigenvalue weighted by Crippen LogP contribution is 2.31. The summed E-state index contributed by atoms with van der Waals surface area (Å²) >= 11 is 0. The Labute approximate surface area is 189 Å². The van der Waals surface area contributed by atoms with Crippen LogP contribution in [-0.4, -0.2) is 53.0 Å². The molecule has 3 rings (SSSR count). The third-order valence-electron chi connectivity index (χ3n) is 5.62. The molecule has 2 aromatic carbocycles. The van der Waals surface area contributed by atoms with Gasteiger partial charge in [-0.25, -0.2) is 8.42 Å². The number of methoxy groups -OCH3 is 3. The molecule has 9 heteroatoms. The van der Waals surface area contributed by atoms with Crippen LogP contribution < -0.4 is 19.5 Å². The smallest absolute Gasteiger partial charge is 0.255 e. The van der Waals surface area contributed by atoms with Crippen molar-refractivity contribution < 1.29 is 27.4 Å². The molecule has 1 fully saturated rings. The molecule has 8 nitrogen and oxygen atoms in total. The lowest BCUT2D eigenvalue weighted by Crippen LogP contribution is -2.35. The first kappa shape index (κ1) is 23.9. The minimum absolute atomic E-state index is 0.0805. The van der Waals surface area contributed by atoms with E-state index in [-0.39, 0.29) is 10.5 Å². The summed E-state index contributed by atoms with van der Waals surface area (Å²) in [4.78, 5) is 13.2. The van der Waals surface area contributed by atoms with Gasteiger partial charge in [-0.2, -0.15) is 4.31 Å². The lowest BCUT2D eigenvalue weighted by molar-refractivity contribution is 0.0936. The fourth-order valence-corrected chi connectivity index (χ4v) is 5.35. The van der Waals surface area contributed by atoms with Crippen molar-refractivity contribution in [1.82, 2.24) is 9.62 Å². The summed E-state index contributed by atoms with van der Waals surface area (Å²) in [5.74, 6) is 1.08. The maximum absolute atomic E-state index is 13.1. The van der Waals surface area contributed by atoms with E-state index in [0.29, 0.717) is 30.3 Å². The molecule has 1 atom stereocenters. The molecule has 32 heavy (non-hydrogen) atoms. The fourth-order valence-electron chi connectivity index (χ4n) is 3.81. The second kappa shape index (κ2) is 10.2. The molecule has 1 heterocycles. The van der Waals surface area contributed by atoms with Gasteiger partial charge in [0.25, 0.3) is 5.91 Å². The van der Waals surface area contributed by atoms with E-state index in [2.05, 4.69) is 5.32 Å². The highest BCUT2D eigenvalue weighted by molar-refractivity contribution is 7.89. The monoisotopic (exact) mass is 462 g/mol. The summed E-state index contributed by atoms with van der Waals surface area (Å²) in [6.07, 6.45) is 2.69. The number of nitrogens with zero attached hydrogens (tertiary/aromatic N) is 1. The Bertz CT molecular complexity index is 1060. The van der Waals surface area contributed by atoms with E-state index in [1.807, 2.05) is 6.92 Å². The van der Waals surface area contributed by atoms with E-state index in [9.17, 15) is 13.2 Å². The maximum atomic E-state index is 13.1. The van der Waals surface area contributed by atoms with E-state index in [1.54, 1.807) is 32.4 Å². The van der Waals surface area contributed by atoms with Crippen molar-refractivity contribution in [3.05, 3.63) is 47.5 Å². The average molecular weight is 463 g/mol. The maximum Gasteiger partial charge on any atom is 0.255 e. The van der Waals surface area contributed by atoms with Gasteiger partial charge in [0.1, 0.15) is 17.2 Å². The normalized spacial score (nSPS) is 15.6. The molecular weight excluding hydrogens is 432 g/mol. The molecule has 0 aromatic heterocycles. The molecule has 1 aliphatic heterocycles. The van der Waals surface area contributed by atoms with Crippen LogP contribution in [-0.2, 0) is 10.0 Å². The molecule has 0 radical (unpaired) electrons. The predicted octanol–water partition coefficient (Wildman–Crippen LogP) is 3.38. The van der Waals surface area contributed by atoms with E-state index in [0.717, 1.165) is 24.8 Å². The van der Waals surface area contributed by atoms with E-state index >= 15 is 0 Å². The number of sulfonamides is 1. The Kier molecular flexibility index (Phi) is 7.63. The number of rotatable bonds is 8. The largest absolute Gasteiger partial charge is 0.497 e. The molecule has 1 amide bonds. The Morgan fingerprint density at radius 3 is 2.22 bits per heavy atom. The molecule has 1 aliphatic rings. The SMILES string of the molecule is COc1ccc(OC)c([C@@H](C)NC(=O)c2cc(S(=O)(=O)N3CCCCC3)ccc2OC)c1. The van der Waals surface area contributed by atoms with E-state index in [4.69, 9.17) is 14.2 Å². The van der Waals surface area contributed by atoms with Gasteiger partial charge in [0.15, 0.2) is 0 Å². The number of carbonyl (C=O) groups is 1. The quantitative estimate of drug-likeness (QED) is 0.646. The second-order valence-electron chi connectivity index (χ2n) is 7.63. The Morgan fingerprint density at radius 1 is 0.938 bits per heavy atom. The van der Waals surface area contributed by atoms with Crippen LogP contribution in [0.15, 0.2) is 41.3 Å². The molecule has 0 saturated carbocycles. The van der Waals surface area contributed by atoms with Crippen molar-refractivity contribution >= 4 is 15.9 Å². The van der Waals surface area contributed by atoms with Gasteiger partial charge in [-0.15, -0.1) is 0 Å². The van der Waals surface area contributed by atoms with Crippen LogP contribution in [0, 0.1) is 0 Å². The summed E-state index contributed by atoms with van der Waals surface area (Å²) in [7, 11) is 0.879. The Hall–Kier alpha value is -2.78. The first-order valence-corrected chi connectivity index (χ1v) is 12.0. The van der Waals surface area contributed by atoms with Gasteiger partial charge in [-0.1, -0.05) is 6.42 Å². The first-order valence-electron chi connectivity index (χ1n) is 10.5. The van der Waals surface area contributed by atoms with Crippen molar-refractivity contribution in [2.45, 2.75) is 37.1 Å². The van der Waals surface area contributed by atoms with Gasteiger partial charge in [-0.3, -0.25) is 4.79 Å². The number of benzene rings is 2. The first-order chi connectivity index (χ1) is 15.3. The third-order valence-corrected chi connectivity index (χ3v) is 7.51. The minimum atomic E-state index is -3.68. The van der Waals surface area contributed by atoms with E-state index < -0.39 is 22.0 Å². The summed E-state index contributed by atoms with van der Waals surface area (Å²) in [6.45, 7) is 2.79. The van der Waals surface area contributed by atoms with Gasteiger partial charge in [0, 0.05) is 18.7 Å². The van der Waals surface area contributed by atoms with Gasteiger partial charge >= 0.3 is 0 Å². The lowest BCUT2D eigenvalue weighted by atomic mass is 10.1. The highest BCUT2D eigenvalue weighted by Gasteiger charge is 2.28. The van der Waals surface area contributed by atoms with Crippen molar-refractivity contribution in [3.8, 4) is 17.2 Å². The molecule has 0 unspecified atom stereocenters. The molecule has 0 aliphatic carbocycles. The van der Waals surface area contributed by atoms with Gasteiger partial charge < -0.3 is 19.5 Å². The number of nitrogens with one attached hydrogen (secondary N) is 1. The summed E-state index contributed by atoms with van der Waals surface area (Å²) < 4.78 is 43.7. The standard InChI is InChI=1S/C23H30N2O6S/c1-16(19-14-17(29-2)8-10-21(19)30-3)24-23(26)20-15-18(9-11-22(20)31-4)32(27,28)25-12-6-5-7-13-25/h8-11,14-16H,5-7,12-13H2,1-4H3,(H,24,26)/t16-/m1/s1. The second-order valence-corrected chi connectivity index (χ2v) is 9.57. The Morgan fingerprint density at radius 2 is 1.59 bits per heavy atom. The minimum Gasteiger partial charge on any atom is -0.497 e. The number of hydrogen-bond acceptors (Lipinski definition) is 6. The van der Waals surface area contributed by atoms with Crippen molar-refractivity contribution in [3.63, 3.8) is 0 Å². The number of ether oxygens (including phenoxy) is 3. The number of carbonyl (C=O) groups excluding carboxylic acids is 1. The zero-order valence-electron chi connectivity index (χ0n) is 18.9. The van der Waals surface area contributed by atoms with Crippen LogP contribution in [0.3, 0.4) is 0 Å². The molecule has 1 saturated heterocycles. The summed E-state index contributed by atoms with van der Waals surface area (Å²) in [5.41, 5.74) is 0.885. The third kappa shape index (κ3) is 4.99. The molecule has 0 bridgehead atoms. The van der Waals surface area contributed by atoms with Crippen LogP contribution in [0.5, 0.6) is 17.2 Å². The summed E-state index contributed by atoms with van der Waals surface area (Å²) in [6, 6.07) is 9.28. The van der Waals surface area contributed by atoms with Crippen LogP contribution in [0.1, 0.15) is 48.1 Å². The van der Waals surface area contributed by atoms with Crippen molar-refractivity contribution in [1.29, 1.82) is 0 Å². The number of piperidine rings is 1. The van der Waals surface area contributed by atoms with Gasteiger partial charge in [0.2, 0.25) is 10.0 Å². The topological polar surface area (TPSA) is 94.2 Å². The predicted molar refractivity (Wildman–Crippen MR) is 121 cm³/mol. The van der Waals surface area contributed by atoms with Gasteiger partial charge in [0.05, 0.1) is 37.8 Å². The Balaban J connectivity index is 1.90. The van der Waals surface area contributed by atoms with Crippen molar-refractivity contribution in [2.75, 3.05) is 34.4 Å². The zero-order chi connectivity index (χ0) is 23.3. The van der Waals surface area contributed by atoms with Crippen LogP contribution in [0.2, 0.25) is 0 Å². The lowest BCUT2D eigenvalue weighted by Gasteiger charge is -2.26. The van der Waals surface area contributed by atoms with Crippen LogP contribution in [0.25, 0.3) is 0 Å². The molecular formula is C23H30N2O6S. The summed E-state index contributed by atoms with van der Waals surface area (Å²) in [5, 5.41) is 2.91. The number of hydrogen-bond donors (Lipinski definition) is 1. The van der Waals surface area contributed by atoms with Gasteiger partial charge in [-0.05, 0) is 56.2 Å². The molecule has 0 spiro atoms. The fraction of sp³-hybridized carbons (Fsp3) is 0.435. The van der Waals surface area contributed by atoms with Crippen LogP contribution >= 0.6 is 0 Å².